The Hall–Kier alpha value is -3.11. The van der Waals surface area contributed by atoms with Crippen LogP contribution in [0.2, 0.25) is 0 Å². The first-order valence-corrected chi connectivity index (χ1v) is 8.91. The molecule has 0 bridgehead atoms. The first-order valence-electron chi connectivity index (χ1n) is 8.91. The first kappa shape index (κ1) is 23.2. The average molecular weight is 430 g/mol. The van der Waals surface area contributed by atoms with E-state index in [9.17, 15) is 32.3 Å². The van der Waals surface area contributed by atoms with Crippen molar-refractivity contribution in [3.63, 3.8) is 0 Å². The Balaban J connectivity index is 2.10. The molecule has 164 valence electrons. The van der Waals surface area contributed by atoms with Gasteiger partial charge in [-0.05, 0) is 17.7 Å². The van der Waals surface area contributed by atoms with Crippen LogP contribution in [0.5, 0.6) is 0 Å². The number of nitrogens with zero attached hydrogens (tertiary/aromatic N) is 2. The summed E-state index contributed by atoms with van der Waals surface area (Å²) in [6.45, 7) is -1.14. The molecule has 1 aromatic rings. The molecule has 1 aliphatic heterocycles. The van der Waals surface area contributed by atoms with Crippen molar-refractivity contribution < 1.29 is 41.8 Å². The smallest absolute Gasteiger partial charge is 0.416 e. The van der Waals surface area contributed by atoms with Crippen molar-refractivity contribution in [2.45, 2.75) is 19.1 Å². The second-order valence-corrected chi connectivity index (χ2v) is 6.72. The van der Waals surface area contributed by atoms with Gasteiger partial charge in [0.15, 0.2) is 0 Å². The number of halogens is 3. The molecule has 1 saturated heterocycles. The Morgan fingerprint density at radius 3 is 2.27 bits per heavy atom. The molecule has 0 aromatic heterocycles. The number of benzene rings is 1. The van der Waals surface area contributed by atoms with Crippen LogP contribution in [0.1, 0.15) is 17.5 Å². The van der Waals surface area contributed by atoms with Gasteiger partial charge >= 0.3 is 18.1 Å². The molecule has 1 aliphatic rings. The van der Waals surface area contributed by atoms with E-state index in [-0.39, 0.29) is 25.1 Å². The van der Waals surface area contributed by atoms with E-state index in [4.69, 9.17) is 0 Å². The lowest BCUT2D eigenvalue weighted by atomic mass is 10.1. The summed E-state index contributed by atoms with van der Waals surface area (Å²) in [5, 5.41) is 0. The predicted molar refractivity (Wildman–Crippen MR) is 95.6 cm³/mol. The maximum atomic E-state index is 12.9. The Bertz CT molecular complexity index is 809. The van der Waals surface area contributed by atoms with Crippen molar-refractivity contribution in [1.82, 2.24) is 9.80 Å². The Labute approximate surface area is 170 Å². The van der Waals surface area contributed by atoms with Crippen LogP contribution >= 0.6 is 0 Å². The van der Waals surface area contributed by atoms with E-state index in [1.807, 2.05) is 0 Å². The Morgan fingerprint density at radius 1 is 1.13 bits per heavy atom. The predicted octanol–water partition coefficient (Wildman–Crippen LogP) is 1.23. The second kappa shape index (κ2) is 9.59. The number of likely N-dealkylation sites (tertiary alicyclic amines) is 1. The molecule has 0 spiro atoms. The number of esters is 2. The van der Waals surface area contributed by atoms with Crippen molar-refractivity contribution in [2.75, 3.05) is 33.9 Å². The zero-order chi connectivity index (χ0) is 22.5. The summed E-state index contributed by atoms with van der Waals surface area (Å²) in [4.78, 5) is 50.4. The minimum absolute atomic E-state index is 0.0489. The van der Waals surface area contributed by atoms with Crippen molar-refractivity contribution >= 4 is 23.8 Å². The van der Waals surface area contributed by atoms with Crippen molar-refractivity contribution in [3.8, 4) is 0 Å². The van der Waals surface area contributed by atoms with Crippen LogP contribution in [0.3, 0.4) is 0 Å². The summed E-state index contributed by atoms with van der Waals surface area (Å²) >= 11 is 0. The summed E-state index contributed by atoms with van der Waals surface area (Å²) in [5.74, 6) is -3.39. The molecule has 1 heterocycles. The van der Waals surface area contributed by atoms with Gasteiger partial charge < -0.3 is 19.3 Å². The van der Waals surface area contributed by atoms with Crippen molar-refractivity contribution in [3.05, 3.63) is 35.4 Å². The molecule has 0 radical (unpaired) electrons. The minimum Gasteiger partial charge on any atom is -0.468 e. The number of carbonyl (C=O) groups is 4. The van der Waals surface area contributed by atoms with Crippen LogP contribution in [0, 0.1) is 5.92 Å². The van der Waals surface area contributed by atoms with Gasteiger partial charge in [-0.25, -0.2) is 0 Å². The summed E-state index contributed by atoms with van der Waals surface area (Å²) in [7, 11) is 2.25. The van der Waals surface area contributed by atoms with Crippen LogP contribution in [0.15, 0.2) is 24.3 Å². The fraction of sp³-hybridized carbons (Fsp3) is 0.474. The topological polar surface area (TPSA) is 93.2 Å². The molecular weight excluding hydrogens is 409 g/mol. The zero-order valence-corrected chi connectivity index (χ0v) is 16.4. The van der Waals surface area contributed by atoms with Crippen LogP contribution in [0.25, 0.3) is 0 Å². The Kier molecular flexibility index (Phi) is 7.41. The molecular formula is C19H21F3N2O6. The van der Waals surface area contributed by atoms with Gasteiger partial charge in [0, 0.05) is 19.5 Å². The number of hydrogen-bond acceptors (Lipinski definition) is 6. The van der Waals surface area contributed by atoms with Gasteiger partial charge in [-0.1, -0.05) is 12.1 Å². The van der Waals surface area contributed by atoms with Crippen LogP contribution < -0.4 is 0 Å². The van der Waals surface area contributed by atoms with Gasteiger partial charge in [-0.3, -0.25) is 19.2 Å². The van der Waals surface area contributed by atoms with Gasteiger partial charge in [0.05, 0.1) is 25.7 Å². The molecule has 1 fully saturated rings. The highest BCUT2D eigenvalue weighted by Gasteiger charge is 2.38. The highest BCUT2D eigenvalue weighted by atomic mass is 19.4. The number of amides is 2. The molecule has 30 heavy (non-hydrogen) atoms. The van der Waals surface area contributed by atoms with Gasteiger partial charge in [0.2, 0.25) is 11.8 Å². The van der Waals surface area contributed by atoms with E-state index in [2.05, 4.69) is 9.47 Å². The molecule has 1 aromatic carbocycles. The average Bonchev–Trinajstić information content (AvgIpc) is 3.06. The molecule has 2 amide bonds. The van der Waals surface area contributed by atoms with E-state index in [0.29, 0.717) is 0 Å². The second-order valence-electron chi connectivity index (χ2n) is 6.72. The SMILES string of the molecule is COC(=O)CN(CC(=O)OC)C(=O)C1CC(=O)N(Cc2cccc(C(F)(F)F)c2)C1. The monoisotopic (exact) mass is 430 g/mol. The maximum Gasteiger partial charge on any atom is 0.416 e. The lowest BCUT2D eigenvalue weighted by Crippen LogP contribution is -2.44. The van der Waals surface area contributed by atoms with Crippen LogP contribution in [-0.2, 0) is 41.4 Å². The van der Waals surface area contributed by atoms with Gasteiger partial charge in [-0.2, -0.15) is 13.2 Å². The fourth-order valence-corrected chi connectivity index (χ4v) is 3.07. The summed E-state index contributed by atoms with van der Waals surface area (Å²) < 4.78 is 47.7. The summed E-state index contributed by atoms with van der Waals surface area (Å²) in [6, 6.07) is 4.58. The van der Waals surface area contributed by atoms with Crippen LogP contribution in [0.4, 0.5) is 13.2 Å². The van der Waals surface area contributed by atoms with Gasteiger partial charge in [-0.15, -0.1) is 0 Å². The summed E-state index contributed by atoms with van der Waals surface area (Å²) in [6.07, 6.45) is -4.69. The van der Waals surface area contributed by atoms with E-state index in [0.717, 1.165) is 31.3 Å². The molecule has 2 rings (SSSR count). The number of alkyl halides is 3. The molecule has 1 atom stereocenters. The first-order chi connectivity index (χ1) is 14.0. The number of carbonyl (C=O) groups excluding carboxylic acids is 4. The van der Waals surface area contributed by atoms with Gasteiger partial charge in [0.25, 0.3) is 0 Å². The van der Waals surface area contributed by atoms with Crippen LogP contribution in [-0.4, -0.2) is 67.4 Å². The lowest BCUT2D eigenvalue weighted by molar-refractivity contribution is -0.153. The normalized spacial score (nSPS) is 16.4. The molecule has 8 nitrogen and oxygen atoms in total. The van der Waals surface area contributed by atoms with Crippen molar-refractivity contribution in [1.29, 1.82) is 0 Å². The fourth-order valence-electron chi connectivity index (χ4n) is 3.07. The number of methoxy groups -OCH3 is 2. The van der Waals surface area contributed by atoms with E-state index in [1.165, 1.54) is 17.0 Å². The zero-order valence-electron chi connectivity index (χ0n) is 16.4. The molecule has 11 heteroatoms. The molecule has 1 unspecified atom stereocenters. The van der Waals surface area contributed by atoms with Crippen molar-refractivity contribution in [2.24, 2.45) is 5.92 Å². The maximum absolute atomic E-state index is 12.9. The largest absolute Gasteiger partial charge is 0.468 e. The quantitative estimate of drug-likeness (QED) is 0.604. The lowest BCUT2D eigenvalue weighted by Gasteiger charge is -2.23. The highest BCUT2D eigenvalue weighted by molar-refractivity contribution is 5.92. The summed E-state index contributed by atoms with van der Waals surface area (Å²) in [5.41, 5.74) is -0.561. The number of hydrogen-bond donors (Lipinski definition) is 0. The molecule has 0 N–H and O–H groups in total. The van der Waals surface area contributed by atoms with E-state index < -0.39 is 54.5 Å². The number of rotatable bonds is 7. The van der Waals surface area contributed by atoms with E-state index in [1.54, 1.807) is 0 Å². The highest BCUT2D eigenvalue weighted by Crippen LogP contribution is 2.30. The third kappa shape index (κ3) is 5.94. The Morgan fingerprint density at radius 2 is 1.73 bits per heavy atom. The molecule has 0 saturated carbocycles. The third-order valence-electron chi connectivity index (χ3n) is 4.60. The molecule has 0 aliphatic carbocycles. The minimum atomic E-state index is -4.51. The van der Waals surface area contributed by atoms with Gasteiger partial charge in [0.1, 0.15) is 13.1 Å². The third-order valence-corrected chi connectivity index (χ3v) is 4.60. The standard InChI is InChI=1S/C19H21F3N2O6/c1-29-16(26)10-24(11-17(27)30-2)18(28)13-7-15(25)23(9-13)8-12-4-3-5-14(6-12)19(20,21)22/h3-6,13H,7-11H2,1-2H3. The number of ether oxygens (including phenoxy) is 2. The van der Waals surface area contributed by atoms with E-state index >= 15 is 0 Å².